The van der Waals surface area contributed by atoms with Gasteiger partial charge in [-0.05, 0) is 25.0 Å². The number of hydrogen-bond acceptors (Lipinski definition) is 2. The first-order chi connectivity index (χ1) is 8.69. The van der Waals surface area contributed by atoms with E-state index in [1.165, 1.54) is 0 Å². The van der Waals surface area contributed by atoms with Gasteiger partial charge in [0.05, 0.1) is 21.4 Å². The number of para-hydroxylation sites is 1. The van der Waals surface area contributed by atoms with Gasteiger partial charge in [-0.1, -0.05) is 26.0 Å². The molecule has 1 aromatic rings. The summed E-state index contributed by atoms with van der Waals surface area (Å²) < 4.78 is 11.9. The molecule has 4 heteroatoms. The summed E-state index contributed by atoms with van der Waals surface area (Å²) in [5, 5.41) is 0. The molecule has 0 aromatic heterocycles. The van der Waals surface area contributed by atoms with Gasteiger partial charge in [-0.3, -0.25) is 9.00 Å². The number of carbonyl (C=O) groups is 1. The number of hydrogen-bond donors (Lipinski definition) is 0. The van der Waals surface area contributed by atoms with Crippen molar-refractivity contribution < 1.29 is 9.00 Å². The maximum atomic E-state index is 12.5. The van der Waals surface area contributed by atoms with Gasteiger partial charge in [0.1, 0.15) is 0 Å². The van der Waals surface area contributed by atoms with Gasteiger partial charge in [0.15, 0.2) is 0 Å². The molecular weight excluding hydrogens is 246 g/mol. The van der Waals surface area contributed by atoms with Crippen LogP contribution in [-0.4, -0.2) is 22.4 Å². The van der Waals surface area contributed by atoms with Crippen molar-refractivity contribution in [1.82, 2.24) is 0 Å². The van der Waals surface area contributed by atoms with Gasteiger partial charge in [-0.25, -0.2) is 0 Å². The van der Waals surface area contributed by atoms with Crippen molar-refractivity contribution >= 4 is 22.4 Å². The average molecular weight is 265 g/mol. The van der Waals surface area contributed by atoms with Crippen molar-refractivity contribution in [3.05, 3.63) is 24.3 Å². The normalized spacial score (nSPS) is 18.8. The summed E-state index contributed by atoms with van der Waals surface area (Å²) in [6, 6.07) is 7.53. The Kier molecular flexibility index (Phi) is 4.17. The lowest BCUT2D eigenvalue weighted by Gasteiger charge is -2.31. The Bertz CT molecular complexity index is 469. The zero-order valence-electron chi connectivity index (χ0n) is 10.9. The molecule has 0 aliphatic carbocycles. The SMILES string of the molecule is CCC(CC)C(=O)N1CCS(=O)c2ccccc21. The Balaban J connectivity index is 2.34. The van der Waals surface area contributed by atoms with E-state index in [1.54, 1.807) is 0 Å². The van der Waals surface area contributed by atoms with E-state index >= 15 is 0 Å². The predicted molar refractivity (Wildman–Crippen MR) is 74.1 cm³/mol. The van der Waals surface area contributed by atoms with Crippen LogP contribution in [0.25, 0.3) is 0 Å². The topological polar surface area (TPSA) is 37.4 Å². The van der Waals surface area contributed by atoms with Crippen LogP contribution >= 0.6 is 0 Å². The van der Waals surface area contributed by atoms with Gasteiger partial charge in [-0.2, -0.15) is 0 Å². The van der Waals surface area contributed by atoms with E-state index in [0.717, 1.165) is 23.4 Å². The van der Waals surface area contributed by atoms with E-state index < -0.39 is 10.8 Å². The van der Waals surface area contributed by atoms with Crippen molar-refractivity contribution in [2.75, 3.05) is 17.2 Å². The highest BCUT2D eigenvalue weighted by Gasteiger charge is 2.29. The zero-order chi connectivity index (χ0) is 13.1. The van der Waals surface area contributed by atoms with Crippen molar-refractivity contribution in [2.24, 2.45) is 5.92 Å². The van der Waals surface area contributed by atoms with Crippen LogP contribution in [0.5, 0.6) is 0 Å². The molecule has 3 nitrogen and oxygen atoms in total. The summed E-state index contributed by atoms with van der Waals surface area (Å²) in [6.45, 7) is 4.65. The third kappa shape index (κ3) is 2.34. The fraction of sp³-hybridized carbons (Fsp3) is 0.500. The first kappa shape index (κ1) is 13.3. The Morgan fingerprint density at radius 1 is 1.33 bits per heavy atom. The van der Waals surface area contributed by atoms with E-state index in [0.29, 0.717) is 12.3 Å². The Morgan fingerprint density at radius 3 is 2.67 bits per heavy atom. The lowest BCUT2D eigenvalue weighted by Crippen LogP contribution is -2.41. The van der Waals surface area contributed by atoms with E-state index in [9.17, 15) is 9.00 Å². The van der Waals surface area contributed by atoms with Crippen LogP contribution in [0.3, 0.4) is 0 Å². The van der Waals surface area contributed by atoms with Gasteiger partial charge in [-0.15, -0.1) is 0 Å². The second-order valence-electron chi connectivity index (χ2n) is 4.52. The summed E-state index contributed by atoms with van der Waals surface area (Å²) in [4.78, 5) is 15.1. The molecule has 0 N–H and O–H groups in total. The van der Waals surface area contributed by atoms with E-state index in [-0.39, 0.29) is 11.8 Å². The summed E-state index contributed by atoms with van der Waals surface area (Å²) in [5.41, 5.74) is 0.832. The second kappa shape index (κ2) is 5.65. The van der Waals surface area contributed by atoms with Crippen molar-refractivity contribution in [3.8, 4) is 0 Å². The summed E-state index contributed by atoms with van der Waals surface area (Å²) in [5.74, 6) is 0.789. The fourth-order valence-corrected chi connectivity index (χ4v) is 3.57. The minimum atomic E-state index is -0.963. The number of fused-ring (bicyclic) bond motifs is 1. The molecule has 1 aliphatic rings. The van der Waals surface area contributed by atoms with E-state index in [1.807, 2.05) is 43.0 Å². The number of nitrogens with zero attached hydrogens (tertiary/aromatic N) is 1. The Morgan fingerprint density at radius 2 is 2.00 bits per heavy atom. The van der Waals surface area contributed by atoms with Gasteiger partial charge < -0.3 is 4.90 Å². The molecule has 0 spiro atoms. The van der Waals surface area contributed by atoms with Crippen LogP contribution in [0, 0.1) is 5.92 Å². The molecule has 98 valence electrons. The molecule has 1 atom stereocenters. The molecule has 0 bridgehead atoms. The Hall–Kier alpha value is -1.16. The molecule has 0 radical (unpaired) electrons. The van der Waals surface area contributed by atoms with Crippen LogP contribution in [0.2, 0.25) is 0 Å². The molecule has 1 unspecified atom stereocenters. The predicted octanol–water partition coefficient (Wildman–Crippen LogP) is 2.58. The first-order valence-corrected chi connectivity index (χ1v) is 7.79. The molecular formula is C14H19NO2S. The maximum Gasteiger partial charge on any atom is 0.230 e. The minimum Gasteiger partial charge on any atom is -0.310 e. The second-order valence-corrected chi connectivity index (χ2v) is 6.06. The lowest BCUT2D eigenvalue weighted by atomic mass is 10.0. The van der Waals surface area contributed by atoms with Crippen LogP contribution in [0.15, 0.2) is 29.2 Å². The van der Waals surface area contributed by atoms with Gasteiger partial charge in [0, 0.05) is 18.2 Å². The molecule has 1 heterocycles. The highest BCUT2D eigenvalue weighted by molar-refractivity contribution is 7.85. The van der Waals surface area contributed by atoms with Crippen molar-refractivity contribution in [3.63, 3.8) is 0 Å². The molecule has 0 saturated heterocycles. The molecule has 18 heavy (non-hydrogen) atoms. The largest absolute Gasteiger partial charge is 0.310 e. The third-order valence-electron chi connectivity index (χ3n) is 3.50. The number of benzene rings is 1. The van der Waals surface area contributed by atoms with Gasteiger partial charge in [0.2, 0.25) is 5.91 Å². The third-order valence-corrected chi connectivity index (χ3v) is 4.89. The van der Waals surface area contributed by atoms with Crippen LogP contribution in [-0.2, 0) is 15.6 Å². The molecule has 0 fully saturated rings. The molecule has 0 saturated carbocycles. The van der Waals surface area contributed by atoms with Gasteiger partial charge in [0.25, 0.3) is 0 Å². The smallest absolute Gasteiger partial charge is 0.230 e. The van der Waals surface area contributed by atoms with Crippen molar-refractivity contribution in [1.29, 1.82) is 0 Å². The minimum absolute atomic E-state index is 0.0737. The number of carbonyl (C=O) groups excluding carboxylic acids is 1. The Labute approximate surface area is 111 Å². The quantitative estimate of drug-likeness (QED) is 0.842. The summed E-state index contributed by atoms with van der Waals surface area (Å²) in [6.07, 6.45) is 1.72. The van der Waals surface area contributed by atoms with Crippen LogP contribution in [0.1, 0.15) is 26.7 Å². The molecule has 1 aromatic carbocycles. The molecule has 2 rings (SSSR count). The summed E-state index contributed by atoms with van der Waals surface area (Å²) >= 11 is 0. The number of rotatable bonds is 3. The van der Waals surface area contributed by atoms with Gasteiger partial charge >= 0.3 is 0 Å². The number of anilines is 1. The monoisotopic (exact) mass is 265 g/mol. The van der Waals surface area contributed by atoms with Crippen molar-refractivity contribution in [2.45, 2.75) is 31.6 Å². The maximum absolute atomic E-state index is 12.5. The van der Waals surface area contributed by atoms with E-state index in [2.05, 4.69) is 0 Å². The highest BCUT2D eigenvalue weighted by atomic mass is 32.2. The first-order valence-electron chi connectivity index (χ1n) is 6.47. The van der Waals surface area contributed by atoms with E-state index in [4.69, 9.17) is 0 Å². The molecule has 1 amide bonds. The summed E-state index contributed by atoms with van der Waals surface area (Å²) in [7, 11) is -0.963. The standard InChI is InChI=1S/C14H19NO2S/c1-3-11(4-2)14(16)15-9-10-18(17)13-8-6-5-7-12(13)15/h5-8,11H,3-4,9-10H2,1-2H3. The lowest BCUT2D eigenvalue weighted by molar-refractivity contribution is -0.122. The highest BCUT2D eigenvalue weighted by Crippen LogP contribution is 2.29. The van der Waals surface area contributed by atoms with Crippen LogP contribution < -0.4 is 4.90 Å². The average Bonchev–Trinajstić information content (AvgIpc) is 2.41. The van der Waals surface area contributed by atoms with Crippen LogP contribution in [0.4, 0.5) is 5.69 Å². The molecule has 1 aliphatic heterocycles. The fourth-order valence-electron chi connectivity index (χ4n) is 2.36. The number of amides is 1. The zero-order valence-corrected chi connectivity index (χ0v) is 11.7.